The summed E-state index contributed by atoms with van der Waals surface area (Å²) >= 11 is 0. The zero-order valence-electron chi connectivity index (χ0n) is 10.3. The molecule has 1 unspecified atom stereocenters. The third-order valence-corrected chi connectivity index (χ3v) is 4.63. The van der Waals surface area contributed by atoms with Gasteiger partial charge in [0.05, 0.1) is 0 Å². The molecule has 96 valence electrons. The molecule has 0 saturated carbocycles. The topological polar surface area (TPSA) is 66.6 Å². The molecule has 1 heterocycles. The van der Waals surface area contributed by atoms with Gasteiger partial charge in [-0.25, -0.2) is 4.79 Å². The molecule has 0 radical (unpaired) electrons. The van der Waals surface area contributed by atoms with Crippen LogP contribution in [0.15, 0.2) is 24.3 Å². The van der Waals surface area contributed by atoms with Crippen molar-refractivity contribution in [2.24, 2.45) is 5.73 Å². The van der Waals surface area contributed by atoms with E-state index in [2.05, 4.69) is 24.3 Å². The van der Waals surface area contributed by atoms with Gasteiger partial charge in [-0.15, -0.1) is 0 Å². The van der Waals surface area contributed by atoms with E-state index < -0.39 is 6.09 Å². The smallest absolute Gasteiger partial charge is 0.407 e. The van der Waals surface area contributed by atoms with Crippen molar-refractivity contribution in [1.82, 2.24) is 4.90 Å². The van der Waals surface area contributed by atoms with Crippen LogP contribution in [-0.2, 0) is 11.8 Å². The molecule has 1 aromatic rings. The molecule has 4 heteroatoms. The maximum atomic E-state index is 11.0. The van der Waals surface area contributed by atoms with Gasteiger partial charge >= 0.3 is 6.09 Å². The maximum absolute atomic E-state index is 11.0. The molecule has 0 bridgehead atoms. The number of hydrogen-bond acceptors (Lipinski definition) is 2. The highest BCUT2D eigenvalue weighted by molar-refractivity contribution is 5.65. The number of fused-ring (bicyclic) bond motifs is 2. The fourth-order valence-corrected chi connectivity index (χ4v) is 3.55. The van der Waals surface area contributed by atoms with E-state index in [1.807, 2.05) is 0 Å². The number of nitrogens with zero attached hydrogens (tertiary/aromatic N) is 1. The zero-order valence-corrected chi connectivity index (χ0v) is 10.3. The van der Waals surface area contributed by atoms with Crippen LogP contribution in [0, 0.1) is 0 Å². The molecule has 0 aromatic heterocycles. The van der Waals surface area contributed by atoms with Crippen LogP contribution in [0.2, 0.25) is 0 Å². The SMILES string of the molecule is NC1Cc2ccccc2C12CCN(C(=O)O)CC2. The number of piperidine rings is 1. The summed E-state index contributed by atoms with van der Waals surface area (Å²) in [5, 5.41) is 9.03. The van der Waals surface area contributed by atoms with Gasteiger partial charge in [0.1, 0.15) is 0 Å². The van der Waals surface area contributed by atoms with Crippen molar-refractivity contribution in [3.8, 4) is 0 Å². The van der Waals surface area contributed by atoms with Crippen molar-refractivity contribution in [3.05, 3.63) is 35.4 Å². The quantitative estimate of drug-likeness (QED) is 0.730. The minimum absolute atomic E-state index is 0.00252. The summed E-state index contributed by atoms with van der Waals surface area (Å²) in [6.45, 7) is 1.19. The van der Waals surface area contributed by atoms with Crippen molar-refractivity contribution >= 4 is 6.09 Å². The molecule has 4 nitrogen and oxygen atoms in total. The molecule has 3 N–H and O–H groups in total. The number of likely N-dealkylation sites (tertiary alicyclic amines) is 1. The van der Waals surface area contributed by atoms with E-state index in [-0.39, 0.29) is 11.5 Å². The lowest BCUT2D eigenvalue weighted by atomic mass is 9.71. The Hall–Kier alpha value is -1.55. The molecule has 1 fully saturated rings. The van der Waals surface area contributed by atoms with E-state index in [1.165, 1.54) is 16.0 Å². The molecule has 1 spiro atoms. The number of benzene rings is 1. The first-order valence-electron chi connectivity index (χ1n) is 6.45. The zero-order chi connectivity index (χ0) is 12.8. The van der Waals surface area contributed by atoms with Gasteiger partial charge in [0, 0.05) is 24.5 Å². The maximum Gasteiger partial charge on any atom is 0.407 e. The van der Waals surface area contributed by atoms with Crippen molar-refractivity contribution in [3.63, 3.8) is 0 Å². The van der Waals surface area contributed by atoms with Gasteiger partial charge in [-0.1, -0.05) is 24.3 Å². The third kappa shape index (κ3) is 1.52. The van der Waals surface area contributed by atoms with Gasteiger partial charge in [-0.3, -0.25) is 0 Å². The fourth-order valence-electron chi connectivity index (χ4n) is 3.55. The van der Waals surface area contributed by atoms with E-state index in [4.69, 9.17) is 10.8 Å². The first-order valence-corrected chi connectivity index (χ1v) is 6.45. The minimum atomic E-state index is -0.815. The number of amides is 1. The molecular weight excluding hydrogens is 228 g/mol. The van der Waals surface area contributed by atoms with Gasteiger partial charge in [-0.05, 0) is 30.4 Å². The van der Waals surface area contributed by atoms with Crippen LogP contribution in [0.25, 0.3) is 0 Å². The Morgan fingerprint density at radius 2 is 2.00 bits per heavy atom. The van der Waals surface area contributed by atoms with Gasteiger partial charge in [0.2, 0.25) is 0 Å². The second kappa shape index (κ2) is 3.99. The number of rotatable bonds is 0. The second-order valence-corrected chi connectivity index (χ2v) is 5.39. The molecule has 1 aromatic carbocycles. The van der Waals surface area contributed by atoms with Gasteiger partial charge in [0.15, 0.2) is 0 Å². The lowest BCUT2D eigenvalue weighted by Crippen LogP contribution is -2.51. The number of hydrogen-bond donors (Lipinski definition) is 2. The van der Waals surface area contributed by atoms with E-state index in [0.717, 1.165) is 19.3 Å². The Kier molecular flexibility index (Phi) is 2.55. The Labute approximate surface area is 106 Å². The highest BCUT2D eigenvalue weighted by atomic mass is 16.4. The molecule has 1 aliphatic heterocycles. The average Bonchev–Trinajstić information content (AvgIpc) is 2.64. The Bertz CT molecular complexity index is 478. The molecule has 2 aliphatic rings. The molecule has 3 rings (SSSR count). The van der Waals surface area contributed by atoms with Crippen LogP contribution in [0.1, 0.15) is 24.0 Å². The second-order valence-electron chi connectivity index (χ2n) is 5.39. The highest BCUT2D eigenvalue weighted by Crippen LogP contribution is 2.45. The van der Waals surface area contributed by atoms with Crippen LogP contribution in [0.5, 0.6) is 0 Å². The average molecular weight is 246 g/mol. The minimum Gasteiger partial charge on any atom is -0.465 e. The summed E-state index contributed by atoms with van der Waals surface area (Å²) in [5.41, 5.74) is 9.04. The van der Waals surface area contributed by atoms with Crippen LogP contribution in [0.4, 0.5) is 4.79 Å². The van der Waals surface area contributed by atoms with Crippen molar-refractivity contribution in [2.75, 3.05) is 13.1 Å². The summed E-state index contributed by atoms with van der Waals surface area (Å²) in [7, 11) is 0. The summed E-state index contributed by atoms with van der Waals surface area (Å²) in [6, 6.07) is 8.55. The summed E-state index contributed by atoms with van der Waals surface area (Å²) in [5.74, 6) is 0. The lowest BCUT2D eigenvalue weighted by Gasteiger charge is -2.41. The molecule has 18 heavy (non-hydrogen) atoms. The Balaban J connectivity index is 1.90. The van der Waals surface area contributed by atoms with Crippen molar-refractivity contribution in [1.29, 1.82) is 0 Å². The third-order valence-electron chi connectivity index (χ3n) is 4.63. The van der Waals surface area contributed by atoms with Crippen molar-refractivity contribution in [2.45, 2.75) is 30.7 Å². The number of nitrogens with two attached hydrogens (primary N) is 1. The Morgan fingerprint density at radius 1 is 1.33 bits per heavy atom. The predicted molar refractivity (Wildman–Crippen MR) is 68.6 cm³/mol. The first kappa shape index (κ1) is 11.5. The van der Waals surface area contributed by atoms with E-state index in [1.54, 1.807) is 0 Å². The molecule has 1 aliphatic carbocycles. The van der Waals surface area contributed by atoms with Crippen LogP contribution in [-0.4, -0.2) is 35.2 Å². The van der Waals surface area contributed by atoms with E-state index in [9.17, 15) is 4.79 Å². The number of carboxylic acid groups (broad SMARTS) is 1. The van der Waals surface area contributed by atoms with Gasteiger partial charge < -0.3 is 15.7 Å². The summed E-state index contributed by atoms with van der Waals surface area (Å²) < 4.78 is 0. The van der Waals surface area contributed by atoms with Gasteiger partial charge in [0.25, 0.3) is 0 Å². The summed E-state index contributed by atoms with van der Waals surface area (Å²) in [4.78, 5) is 12.5. The predicted octanol–water partition coefficient (Wildman–Crippen LogP) is 1.58. The molecular formula is C14H18N2O2. The van der Waals surface area contributed by atoms with Crippen LogP contribution < -0.4 is 5.73 Å². The monoisotopic (exact) mass is 246 g/mol. The van der Waals surface area contributed by atoms with E-state index in [0.29, 0.717) is 13.1 Å². The normalized spacial score (nSPS) is 25.2. The number of carbonyl (C=O) groups is 1. The molecule has 1 atom stereocenters. The Morgan fingerprint density at radius 3 is 2.67 bits per heavy atom. The highest BCUT2D eigenvalue weighted by Gasteiger charge is 2.46. The molecule has 1 saturated heterocycles. The standard InChI is InChI=1S/C14H18N2O2/c15-12-9-10-3-1-2-4-11(10)14(12)5-7-16(8-6-14)13(17)18/h1-4,12H,5-9,15H2,(H,17,18). The van der Waals surface area contributed by atoms with Crippen LogP contribution >= 0.6 is 0 Å². The van der Waals surface area contributed by atoms with Crippen LogP contribution in [0.3, 0.4) is 0 Å². The first-order chi connectivity index (χ1) is 8.63. The van der Waals surface area contributed by atoms with Gasteiger partial charge in [-0.2, -0.15) is 0 Å². The fraction of sp³-hybridized carbons (Fsp3) is 0.500. The van der Waals surface area contributed by atoms with Crippen molar-refractivity contribution < 1.29 is 9.90 Å². The lowest BCUT2D eigenvalue weighted by molar-refractivity contribution is 0.112. The summed E-state index contributed by atoms with van der Waals surface area (Å²) in [6.07, 6.45) is 1.79. The molecule has 1 amide bonds. The largest absolute Gasteiger partial charge is 0.465 e. The van der Waals surface area contributed by atoms with E-state index >= 15 is 0 Å².